The number of thioether (sulfide) groups is 1. The van der Waals surface area contributed by atoms with Gasteiger partial charge in [0.15, 0.2) is 11.5 Å². The van der Waals surface area contributed by atoms with E-state index < -0.39 is 14.8 Å². The molecule has 0 bridgehead atoms. The van der Waals surface area contributed by atoms with E-state index in [0.717, 1.165) is 5.56 Å². The number of benzene rings is 1. The first-order valence-corrected chi connectivity index (χ1v) is 11.5. The Labute approximate surface area is 169 Å². The zero-order chi connectivity index (χ0) is 19.1. The Morgan fingerprint density at radius 3 is 2.85 bits per heavy atom. The number of nitrogens with zero attached hydrogens (tertiary/aromatic N) is 1. The van der Waals surface area contributed by atoms with E-state index in [1.54, 1.807) is 13.0 Å². The standard InChI is InChI=1S/C17H17BrN2O5S2/c1-11-15(18)16(25-19-11)20-27(21,22)17(6-7-26-9-17)5-4-12-2-3-13-14(8-12)24-10-23-13/h2-3,6-8,20H,4-5,9-10H2,1H3. The molecule has 0 saturated carbocycles. The molecule has 2 aliphatic heterocycles. The van der Waals surface area contributed by atoms with Crippen LogP contribution >= 0.6 is 27.7 Å². The van der Waals surface area contributed by atoms with E-state index in [1.165, 1.54) is 11.8 Å². The Hall–Kier alpha value is -1.65. The first kappa shape index (κ1) is 18.7. The minimum Gasteiger partial charge on any atom is -0.454 e. The van der Waals surface area contributed by atoms with Crippen LogP contribution in [0.1, 0.15) is 17.7 Å². The van der Waals surface area contributed by atoms with Gasteiger partial charge in [-0.25, -0.2) is 13.1 Å². The molecule has 3 heterocycles. The fourth-order valence-corrected chi connectivity index (χ4v) is 6.43. The van der Waals surface area contributed by atoms with E-state index in [9.17, 15) is 8.42 Å². The summed E-state index contributed by atoms with van der Waals surface area (Å²) in [5.41, 5.74) is 1.58. The van der Waals surface area contributed by atoms with Gasteiger partial charge >= 0.3 is 0 Å². The predicted molar refractivity (Wildman–Crippen MR) is 107 cm³/mol. The van der Waals surface area contributed by atoms with Gasteiger partial charge in [-0.2, -0.15) is 0 Å². The molecular weight excluding hydrogens is 456 g/mol. The smallest absolute Gasteiger partial charge is 0.252 e. The van der Waals surface area contributed by atoms with E-state index in [1.807, 2.05) is 23.6 Å². The summed E-state index contributed by atoms with van der Waals surface area (Å²) in [6, 6.07) is 5.69. The number of hydrogen-bond donors (Lipinski definition) is 1. The summed E-state index contributed by atoms with van der Waals surface area (Å²) in [6.45, 7) is 1.94. The van der Waals surface area contributed by atoms with E-state index in [0.29, 0.717) is 40.3 Å². The third-order valence-corrected chi connectivity index (χ3v) is 8.76. The second kappa shape index (κ2) is 7.06. The van der Waals surface area contributed by atoms with Crippen LogP contribution in [-0.4, -0.2) is 30.9 Å². The molecule has 10 heteroatoms. The third kappa shape index (κ3) is 3.45. The largest absolute Gasteiger partial charge is 0.454 e. The zero-order valence-corrected chi connectivity index (χ0v) is 17.6. The van der Waals surface area contributed by atoms with Crippen LogP contribution < -0.4 is 14.2 Å². The Balaban J connectivity index is 1.55. The predicted octanol–water partition coefficient (Wildman–Crippen LogP) is 3.85. The molecule has 0 aliphatic carbocycles. The van der Waals surface area contributed by atoms with Gasteiger partial charge in [0.25, 0.3) is 5.88 Å². The van der Waals surface area contributed by atoms with Gasteiger partial charge in [0.05, 0.1) is 5.69 Å². The number of halogens is 1. The summed E-state index contributed by atoms with van der Waals surface area (Å²) in [7, 11) is -3.74. The number of aryl methyl sites for hydroxylation is 2. The second-order valence-electron chi connectivity index (χ2n) is 6.38. The number of rotatable bonds is 6. The quantitative estimate of drug-likeness (QED) is 0.682. The lowest BCUT2D eigenvalue weighted by molar-refractivity contribution is 0.174. The summed E-state index contributed by atoms with van der Waals surface area (Å²) < 4.78 is 44.2. The molecule has 1 N–H and O–H groups in total. The van der Waals surface area contributed by atoms with Gasteiger partial charge in [-0.15, -0.1) is 11.8 Å². The van der Waals surface area contributed by atoms with Crippen molar-refractivity contribution in [1.82, 2.24) is 5.16 Å². The van der Waals surface area contributed by atoms with Crippen molar-refractivity contribution >= 4 is 43.6 Å². The Bertz CT molecular complexity index is 1000. The molecule has 0 saturated heterocycles. The Morgan fingerprint density at radius 2 is 2.15 bits per heavy atom. The number of hydrogen-bond acceptors (Lipinski definition) is 7. The van der Waals surface area contributed by atoms with Crippen LogP contribution in [0.2, 0.25) is 0 Å². The van der Waals surface area contributed by atoms with Crippen molar-refractivity contribution in [3.63, 3.8) is 0 Å². The highest BCUT2D eigenvalue weighted by molar-refractivity contribution is 9.10. The molecular formula is C17H17BrN2O5S2. The van der Waals surface area contributed by atoms with Gasteiger partial charge in [-0.1, -0.05) is 17.3 Å². The molecule has 7 nitrogen and oxygen atoms in total. The number of anilines is 1. The molecule has 0 radical (unpaired) electrons. The number of nitrogens with one attached hydrogen (secondary N) is 1. The van der Waals surface area contributed by atoms with Gasteiger partial charge in [-0.05, 0) is 58.8 Å². The van der Waals surface area contributed by atoms with Gasteiger partial charge in [0.2, 0.25) is 16.8 Å². The highest BCUT2D eigenvalue weighted by Gasteiger charge is 2.44. The lowest BCUT2D eigenvalue weighted by Gasteiger charge is -2.26. The molecule has 1 aromatic carbocycles. The monoisotopic (exact) mass is 472 g/mol. The van der Waals surface area contributed by atoms with Crippen molar-refractivity contribution in [3.8, 4) is 11.5 Å². The van der Waals surface area contributed by atoms with Crippen LogP contribution in [0.3, 0.4) is 0 Å². The molecule has 1 atom stereocenters. The van der Waals surface area contributed by atoms with Crippen LogP contribution in [-0.2, 0) is 16.4 Å². The molecule has 144 valence electrons. The third-order valence-electron chi connectivity index (χ3n) is 4.62. The highest BCUT2D eigenvalue weighted by atomic mass is 79.9. The van der Waals surface area contributed by atoms with Crippen molar-refractivity contribution in [2.75, 3.05) is 17.3 Å². The van der Waals surface area contributed by atoms with Gasteiger partial charge in [0, 0.05) is 5.75 Å². The number of aromatic nitrogens is 1. The Morgan fingerprint density at radius 1 is 1.33 bits per heavy atom. The molecule has 2 aromatic rings. The summed E-state index contributed by atoms with van der Waals surface area (Å²) in [5.74, 6) is 1.95. The van der Waals surface area contributed by atoms with E-state index in [4.69, 9.17) is 14.0 Å². The highest BCUT2D eigenvalue weighted by Crippen LogP contribution is 2.39. The van der Waals surface area contributed by atoms with Crippen LogP contribution in [0.4, 0.5) is 5.88 Å². The van der Waals surface area contributed by atoms with E-state index in [2.05, 4.69) is 25.8 Å². The fourth-order valence-electron chi connectivity index (χ4n) is 2.96. The normalized spacial score (nSPS) is 21.0. The summed E-state index contributed by atoms with van der Waals surface area (Å²) in [4.78, 5) is 0. The van der Waals surface area contributed by atoms with Crippen molar-refractivity contribution < 1.29 is 22.4 Å². The second-order valence-corrected chi connectivity index (χ2v) is 10.1. The lowest BCUT2D eigenvalue weighted by atomic mass is 10.00. The molecule has 0 fully saturated rings. The maximum atomic E-state index is 13.2. The van der Waals surface area contributed by atoms with Crippen LogP contribution in [0.25, 0.3) is 0 Å². The van der Waals surface area contributed by atoms with Crippen molar-refractivity contribution in [2.24, 2.45) is 0 Å². The maximum absolute atomic E-state index is 13.2. The lowest BCUT2D eigenvalue weighted by Crippen LogP contribution is -2.42. The minimum absolute atomic E-state index is 0.0975. The van der Waals surface area contributed by atoms with Gasteiger partial charge in [0.1, 0.15) is 9.22 Å². The molecule has 0 spiro atoms. The van der Waals surface area contributed by atoms with Crippen LogP contribution in [0.15, 0.2) is 38.7 Å². The molecule has 2 aliphatic rings. The average molecular weight is 473 g/mol. The summed E-state index contributed by atoms with van der Waals surface area (Å²) >= 11 is 4.78. The number of fused-ring (bicyclic) bond motifs is 1. The molecule has 0 amide bonds. The summed E-state index contributed by atoms with van der Waals surface area (Å²) in [6.07, 6.45) is 2.76. The number of ether oxygens (including phenoxy) is 2. The first-order chi connectivity index (χ1) is 12.9. The maximum Gasteiger partial charge on any atom is 0.252 e. The van der Waals surface area contributed by atoms with Crippen molar-refractivity contribution in [1.29, 1.82) is 0 Å². The first-order valence-electron chi connectivity index (χ1n) is 8.22. The SMILES string of the molecule is Cc1noc(NS(=O)(=O)C2(CCc3ccc4c(c3)OCO4)C=CSC2)c1Br. The topological polar surface area (TPSA) is 90.7 Å². The Kier molecular flexibility index (Phi) is 4.89. The number of sulfonamides is 1. The minimum atomic E-state index is -3.74. The van der Waals surface area contributed by atoms with Gasteiger partial charge < -0.3 is 14.0 Å². The zero-order valence-electron chi connectivity index (χ0n) is 14.4. The molecule has 1 aromatic heterocycles. The van der Waals surface area contributed by atoms with E-state index >= 15 is 0 Å². The summed E-state index contributed by atoms with van der Waals surface area (Å²) in [5, 5.41) is 5.61. The fraction of sp³-hybridized carbons (Fsp3) is 0.353. The average Bonchev–Trinajstić information content (AvgIpc) is 3.37. The van der Waals surface area contributed by atoms with Crippen molar-refractivity contribution in [2.45, 2.75) is 24.5 Å². The molecule has 1 unspecified atom stereocenters. The molecule has 4 rings (SSSR count). The van der Waals surface area contributed by atoms with Gasteiger partial charge in [-0.3, -0.25) is 0 Å². The molecule has 27 heavy (non-hydrogen) atoms. The van der Waals surface area contributed by atoms with Crippen molar-refractivity contribution in [3.05, 3.63) is 45.4 Å². The van der Waals surface area contributed by atoms with E-state index in [-0.39, 0.29) is 12.7 Å². The van der Waals surface area contributed by atoms with Crippen LogP contribution in [0, 0.1) is 6.92 Å². The van der Waals surface area contributed by atoms with Crippen LogP contribution in [0.5, 0.6) is 11.5 Å².